The fourth-order valence-corrected chi connectivity index (χ4v) is 4.81. The van der Waals surface area contributed by atoms with Crippen LogP contribution in [0.3, 0.4) is 0 Å². The van der Waals surface area contributed by atoms with Crippen molar-refractivity contribution in [2.24, 2.45) is 0 Å². The maximum Gasteiger partial charge on any atom is 0.252 e. The van der Waals surface area contributed by atoms with Crippen LogP contribution >= 0.6 is 0 Å². The Morgan fingerprint density at radius 3 is 2.36 bits per heavy atom. The molecule has 1 N–H and O–H groups in total. The molecule has 3 rings (SSSR count). The molecule has 28 heavy (non-hydrogen) atoms. The predicted octanol–water partition coefficient (Wildman–Crippen LogP) is 2.44. The molecule has 0 saturated heterocycles. The third-order valence-corrected chi connectivity index (χ3v) is 7.35. The summed E-state index contributed by atoms with van der Waals surface area (Å²) in [4.78, 5) is 17.6. The first-order valence-corrected chi connectivity index (χ1v) is 10.7. The van der Waals surface area contributed by atoms with Gasteiger partial charge in [0.25, 0.3) is 5.91 Å². The fourth-order valence-electron chi connectivity index (χ4n) is 3.59. The van der Waals surface area contributed by atoms with Crippen LogP contribution in [0, 0.1) is 20.8 Å². The molecule has 1 heterocycles. The van der Waals surface area contributed by atoms with Crippen LogP contribution in [-0.2, 0) is 15.6 Å². The van der Waals surface area contributed by atoms with Gasteiger partial charge in [0.05, 0.1) is 4.90 Å². The van der Waals surface area contributed by atoms with E-state index < -0.39 is 15.6 Å². The third kappa shape index (κ3) is 3.56. The van der Waals surface area contributed by atoms with Crippen LogP contribution in [0.4, 0.5) is 0 Å². The summed E-state index contributed by atoms with van der Waals surface area (Å²) in [5, 5.41) is 7.09. The van der Waals surface area contributed by atoms with E-state index in [9.17, 15) is 13.2 Å². The lowest BCUT2D eigenvalue weighted by molar-refractivity contribution is 0.0891. The summed E-state index contributed by atoms with van der Waals surface area (Å²) in [6, 6.07) is 3.15. The molecule has 152 valence electrons. The topological polar surface area (TPSA) is 105 Å². The van der Waals surface area contributed by atoms with Gasteiger partial charge in [-0.2, -0.15) is 4.98 Å². The van der Waals surface area contributed by atoms with Crippen molar-refractivity contribution in [2.75, 3.05) is 14.1 Å². The Morgan fingerprint density at radius 1 is 1.18 bits per heavy atom. The molecule has 0 aliphatic heterocycles. The number of aryl methyl sites for hydroxylation is 2. The van der Waals surface area contributed by atoms with Gasteiger partial charge in [-0.15, -0.1) is 0 Å². The predicted molar refractivity (Wildman–Crippen MR) is 103 cm³/mol. The average molecular weight is 407 g/mol. The molecule has 0 radical (unpaired) electrons. The van der Waals surface area contributed by atoms with Gasteiger partial charge in [-0.1, -0.05) is 18.0 Å². The molecule has 1 amide bonds. The van der Waals surface area contributed by atoms with E-state index >= 15 is 0 Å². The normalized spacial score (nSPS) is 16.5. The molecule has 0 spiro atoms. The standard InChI is InChI=1S/C19H26N4O4S/c1-12-10-15(11-16(13(12)2)28(25,26)23(4)5)17(24)21-19(8-6-7-9-19)18-20-14(3)27-22-18/h10-11H,6-9H2,1-5H3,(H,21,24). The molecule has 2 aromatic rings. The first-order chi connectivity index (χ1) is 13.1. The van der Waals surface area contributed by atoms with Crippen molar-refractivity contribution in [3.63, 3.8) is 0 Å². The lowest BCUT2D eigenvalue weighted by atomic mass is 9.95. The Hall–Kier alpha value is -2.26. The van der Waals surface area contributed by atoms with Crippen LogP contribution in [0.5, 0.6) is 0 Å². The number of rotatable bonds is 5. The van der Waals surface area contributed by atoms with Gasteiger partial charge in [-0.05, 0) is 49.9 Å². The highest BCUT2D eigenvalue weighted by Crippen LogP contribution is 2.37. The quantitative estimate of drug-likeness (QED) is 0.818. The summed E-state index contributed by atoms with van der Waals surface area (Å²) in [5.74, 6) is 0.574. The van der Waals surface area contributed by atoms with Crippen LogP contribution in [0.25, 0.3) is 0 Å². The van der Waals surface area contributed by atoms with Crippen molar-refractivity contribution in [1.29, 1.82) is 0 Å². The Kier molecular flexibility index (Phi) is 5.33. The van der Waals surface area contributed by atoms with Crippen LogP contribution in [0.2, 0.25) is 0 Å². The van der Waals surface area contributed by atoms with Gasteiger partial charge in [-0.3, -0.25) is 4.79 Å². The molecule has 0 bridgehead atoms. The Bertz CT molecular complexity index is 1000. The summed E-state index contributed by atoms with van der Waals surface area (Å²) in [6.45, 7) is 5.26. The highest BCUT2D eigenvalue weighted by Gasteiger charge is 2.41. The van der Waals surface area contributed by atoms with E-state index in [1.54, 1.807) is 26.8 Å². The van der Waals surface area contributed by atoms with E-state index in [2.05, 4.69) is 15.5 Å². The summed E-state index contributed by atoms with van der Waals surface area (Å²) < 4.78 is 31.6. The lowest BCUT2D eigenvalue weighted by Gasteiger charge is -2.27. The monoisotopic (exact) mass is 406 g/mol. The van der Waals surface area contributed by atoms with Crippen LogP contribution in [0.1, 0.15) is 58.9 Å². The molecule has 1 aliphatic carbocycles. The molecule has 1 aliphatic rings. The first kappa shape index (κ1) is 20.5. The summed E-state index contributed by atoms with van der Waals surface area (Å²) in [5.41, 5.74) is 0.988. The largest absolute Gasteiger partial charge is 0.340 e. The Balaban J connectivity index is 2.00. The SMILES string of the molecule is Cc1nc(C2(NC(=O)c3cc(C)c(C)c(S(=O)(=O)N(C)C)c3)CCCC2)no1. The molecule has 1 aromatic carbocycles. The highest BCUT2D eigenvalue weighted by atomic mass is 32.2. The molecule has 0 unspecified atom stereocenters. The second-order valence-corrected chi connectivity index (χ2v) is 9.70. The smallest absolute Gasteiger partial charge is 0.252 e. The molecule has 1 saturated carbocycles. The van der Waals surface area contributed by atoms with Gasteiger partial charge in [0.2, 0.25) is 15.9 Å². The average Bonchev–Trinajstić information content (AvgIpc) is 3.26. The van der Waals surface area contributed by atoms with Gasteiger partial charge in [0.1, 0.15) is 5.54 Å². The van der Waals surface area contributed by atoms with Crippen molar-refractivity contribution in [2.45, 2.75) is 56.9 Å². The minimum absolute atomic E-state index is 0.138. The number of hydrogen-bond donors (Lipinski definition) is 1. The number of carbonyl (C=O) groups excluding carboxylic acids is 1. The highest BCUT2D eigenvalue weighted by molar-refractivity contribution is 7.89. The number of sulfonamides is 1. The molecule has 9 heteroatoms. The molecular weight excluding hydrogens is 380 g/mol. The Morgan fingerprint density at radius 2 is 1.82 bits per heavy atom. The second-order valence-electron chi connectivity index (χ2n) is 7.58. The zero-order valence-electron chi connectivity index (χ0n) is 16.9. The number of benzene rings is 1. The lowest BCUT2D eigenvalue weighted by Crippen LogP contribution is -2.44. The molecule has 1 fully saturated rings. The maximum atomic E-state index is 13.1. The maximum absolute atomic E-state index is 13.1. The fraction of sp³-hybridized carbons (Fsp3) is 0.526. The number of carbonyl (C=O) groups is 1. The van der Waals surface area contributed by atoms with Gasteiger partial charge >= 0.3 is 0 Å². The zero-order valence-corrected chi connectivity index (χ0v) is 17.7. The third-order valence-electron chi connectivity index (χ3n) is 5.41. The number of aromatic nitrogens is 2. The number of amides is 1. The van der Waals surface area contributed by atoms with Gasteiger partial charge in [0, 0.05) is 26.6 Å². The summed E-state index contributed by atoms with van der Waals surface area (Å²) in [7, 11) is -0.713. The van der Waals surface area contributed by atoms with Gasteiger partial charge in [-0.25, -0.2) is 12.7 Å². The van der Waals surface area contributed by atoms with Crippen LogP contribution < -0.4 is 5.32 Å². The minimum atomic E-state index is -3.66. The van der Waals surface area contributed by atoms with Crippen molar-refractivity contribution in [3.8, 4) is 0 Å². The van der Waals surface area contributed by atoms with Crippen molar-refractivity contribution in [1.82, 2.24) is 19.8 Å². The summed E-state index contributed by atoms with van der Waals surface area (Å²) >= 11 is 0. The minimum Gasteiger partial charge on any atom is -0.340 e. The Labute approximate surface area is 165 Å². The van der Waals surface area contributed by atoms with Gasteiger partial charge < -0.3 is 9.84 Å². The molecular formula is C19H26N4O4S. The number of nitrogens with one attached hydrogen (secondary N) is 1. The van der Waals surface area contributed by atoms with Crippen molar-refractivity contribution in [3.05, 3.63) is 40.5 Å². The molecule has 0 atom stereocenters. The van der Waals surface area contributed by atoms with Gasteiger partial charge in [0.15, 0.2) is 5.82 Å². The first-order valence-electron chi connectivity index (χ1n) is 9.24. The number of hydrogen-bond acceptors (Lipinski definition) is 6. The zero-order chi connectivity index (χ0) is 20.7. The van der Waals surface area contributed by atoms with E-state index in [0.29, 0.717) is 35.7 Å². The molecule has 1 aromatic heterocycles. The second kappa shape index (κ2) is 7.29. The van der Waals surface area contributed by atoms with Crippen LogP contribution in [0.15, 0.2) is 21.6 Å². The van der Waals surface area contributed by atoms with Crippen molar-refractivity contribution >= 4 is 15.9 Å². The van der Waals surface area contributed by atoms with E-state index in [1.807, 2.05) is 0 Å². The van der Waals surface area contributed by atoms with E-state index in [-0.39, 0.29) is 10.8 Å². The van der Waals surface area contributed by atoms with E-state index in [1.165, 1.54) is 20.2 Å². The molecule has 8 nitrogen and oxygen atoms in total. The summed E-state index contributed by atoms with van der Waals surface area (Å²) in [6.07, 6.45) is 3.32. The van der Waals surface area contributed by atoms with Crippen molar-refractivity contribution < 1.29 is 17.7 Å². The van der Waals surface area contributed by atoms with E-state index in [4.69, 9.17) is 4.52 Å². The van der Waals surface area contributed by atoms with Crippen LogP contribution in [-0.4, -0.2) is 42.9 Å². The number of nitrogens with zero attached hydrogens (tertiary/aromatic N) is 3. The van der Waals surface area contributed by atoms with E-state index in [0.717, 1.165) is 22.7 Å².